The SMILES string of the molecule is CC12CC[C@H]3C(CC=C4CC(OC(=O)C5CCNC5)CCC43C)C1CC=C2c1cccnc1. The van der Waals surface area contributed by atoms with Crippen molar-refractivity contribution in [2.75, 3.05) is 13.1 Å². The summed E-state index contributed by atoms with van der Waals surface area (Å²) in [7, 11) is 0. The van der Waals surface area contributed by atoms with Crippen LogP contribution < -0.4 is 5.32 Å². The normalized spacial score (nSPS) is 41.9. The van der Waals surface area contributed by atoms with E-state index in [0.717, 1.165) is 56.5 Å². The first-order chi connectivity index (χ1) is 16.0. The van der Waals surface area contributed by atoms with E-state index in [1.807, 2.05) is 6.20 Å². The molecule has 2 saturated carbocycles. The van der Waals surface area contributed by atoms with Crippen LogP contribution in [0, 0.1) is 34.5 Å². The van der Waals surface area contributed by atoms with Gasteiger partial charge >= 0.3 is 5.97 Å². The van der Waals surface area contributed by atoms with Gasteiger partial charge in [0.15, 0.2) is 0 Å². The number of carbonyl (C=O) groups is 1. The van der Waals surface area contributed by atoms with Crippen LogP contribution in [0.1, 0.15) is 70.8 Å². The zero-order chi connectivity index (χ0) is 22.6. The Bertz CT molecular complexity index is 979. The molecule has 0 amide bonds. The van der Waals surface area contributed by atoms with Crippen molar-refractivity contribution < 1.29 is 9.53 Å². The smallest absolute Gasteiger partial charge is 0.310 e. The van der Waals surface area contributed by atoms with Crippen LogP contribution in [0.5, 0.6) is 0 Å². The Morgan fingerprint density at radius 2 is 1.97 bits per heavy atom. The van der Waals surface area contributed by atoms with Gasteiger partial charge in [-0.25, -0.2) is 0 Å². The molecule has 0 bridgehead atoms. The summed E-state index contributed by atoms with van der Waals surface area (Å²) < 4.78 is 6.02. The number of rotatable bonds is 3. The first-order valence-electron chi connectivity index (χ1n) is 13.2. The average Bonchev–Trinajstić information content (AvgIpc) is 3.48. The van der Waals surface area contributed by atoms with E-state index in [1.54, 1.807) is 5.57 Å². The topological polar surface area (TPSA) is 51.2 Å². The minimum Gasteiger partial charge on any atom is -0.462 e. The van der Waals surface area contributed by atoms with Crippen molar-refractivity contribution in [1.82, 2.24) is 10.3 Å². The molecule has 4 aliphatic carbocycles. The van der Waals surface area contributed by atoms with Crippen LogP contribution in [0.15, 0.2) is 42.3 Å². The molecule has 176 valence electrons. The Hall–Kier alpha value is -1.94. The summed E-state index contributed by atoms with van der Waals surface area (Å²) in [6, 6.07) is 4.31. The number of pyridine rings is 1. The fourth-order valence-corrected chi connectivity index (χ4v) is 8.38. The van der Waals surface area contributed by atoms with E-state index in [0.29, 0.717) is 0 Å². The van der Waals surface area contributed by atoms with Gasteiger partial charge in [0.1, 0.15) is 6.10 Å². The molecular weight excluding hydrogens is 408 g/mol. The van der Waals surface area contributed by atoms with E-state index in [2.05, 4.69) is 54.6 Å². The molecule has 1 N–H and O–H groups in total. The summed E-state index contributed by atoms with van der Waals surface area (Å²) in [4.78, 5) is 17.0. The molecule has 1 aliphatic heterocycles. The molecule has 3 fully saturated rings. The number of nitrogens with zero attached hydrogens (tertiary/aromatic N) is 1. The maximum atomic E-state index is 12.6. The van der Waals surface area contributed by atoms with Crippen molar-refractivity contribution in [2.24, 2.45) is 34.5 Å². The van der Waals surface area contributed by atoms with Crippen molar-refractivity contribution in [3.05, 3.63) is 47.8 Å². The van der Waals surface area contributed by atoms with Crippen LogP contribution in [-0.2, 0) is 9.53 Å². The second-order valence-corrected chi connectivity index (χ2v) is 11.8. The number of hydrogen-bond acceptors (Lipinski definition) is 4. The molecule has 0 spiro atoms. The number of allylic oxidation sites excluding steroid dienone is 3. The second kappa shape index (κ2) is 8.08. The Morgan fingerprint density at radius 1 is 1.09 bits per heavy atom. The van der Waals surface area contributed by atoms with Crippen LogP contribution in [-0.4, -0.2) is 30.1 Å². The van der Waals surface area contributed by atoms with E-state index in [1.165, 1.54) is 36.8 Å². The molecule has 0 aromatic carbocycles. The molecule has 1 aromatic rings. The van der Waals surface area contributed by atoms with Crippen molar-refractivity contribution >= 4 is 11.5 Å². The summed E-state index contributed by atoms with van der Waals surface area (Å²) in [5.41, 5.74) is 4.99. The zero-order valence-electron chi connectivity index (χ0n) is 20.2. The number of nitrogens with one attached hydrogen (secondary N) is 1. The maximum Gasteiger partial charge on any atom is 0.310 e. The van der Waals surface area contributed by atoms with Gasteiger partial charge in [-0.2, -0.15) is 0 Å². The minimum atomic E-state index is 0.0243. The molecule has 0 radical (unpaired) electrons. The van der Waals surface area contributed by atoms with Crippen LogP contribution in [0.4, 0.5) is 0 Å². The number of aromatic nitrogens is 1. The molecule has 4 nitrogen and oxygen atoms in total. The lowest BCUT2D eigenvalue weighted by Crippen LogP contribution is -2.50. The molecule has 6 unspecified atom stereocenters. The molecule has 4 heteroatoms. The largest absolute Gasteiger partial charge is 0.462 e. The molecule has 6 rings (SSSR count). The summed E-state index contributed by atoms with van der Waals surface area (Å²) >= 11 is 0. The lowest BCUT2D eigenvalue weighted by Gasteiger charge is -2.57. The molecule has 1 aromatic heterocycles. The van der Waals surface area contributed by atoms with Gasteiger partial charge in [0.2, 0.25) is 0 Å². The monoisotopic (exact) mass is 446 g/mol. The highest BCUT2D eigenvalue weighted by molar-refractivity contribution is 5.73. The van der Waals surface area contributed by atoms with Gasteiger partial charge in [-0.1, -0.05) is 37.6 Å². The fourth-order valence-electron chi connectivity index (χ4n) is 8.38. The highest BCUT2D eigenvalue weighted by Crippen LogP contribution is 2.66. The third kappa shape index (κ3) is 3.43. The number of fused-ring (bicyclic) bond motifs is 5. The van der Waals surface area contributed by atoms with Crippen LogP contribution in [0.2, 0.25) is 0 Å². The molecule has 5 aliphatic rings. The molecule has 33 heavy (non-hydrogen) atoms. The Balaban J connectivity index is 1.19. The van der Waals surface area contributed by atoms with E-state index in [4.69, 9.17) is 4.74 Å². The fraction of sp³-hybridized carbons (Fsp3) is 0.655. The van der Waals surface area contributed by atoms with E-state index in [-0.39, 0.29) is 28.8 Å². The highest BCUT2D eigenvalue weighted by Gasteiger charge is 2.57. The average molecular weight is 447 g/mol. The molecule has 1 saturated heterocycles. The molecule has 2 heterocycles. The van der Waals surface area contributed by atoms with Crippen LogP contribution in [0.25, 0.3) is 5.57 Å². The van der Waals surface area contributed by atoms with Gasteiger partial charge in [-0.3, -0.25) is 9.78 Å². The Labute approximate surface area is 198 Å². The molecule has 7 atom stereocenters. The number of ether oxygens (including phenoxy) is 1. The van der Waals surface area contributed by atoms with Gasteiger partial charge < -0.3 is 10.1 Å². The maximum absolute atomic E-state index is 12.6. The highest BCUT2D eigenvalue weighted by atomic mass is 16.5. The lowest BCUT2D eigenvalue weighted by atomic mass is 9.47. The third-order valence-corrected chi connectivity index (χ3v) is 10.3. The first-order valence-corrected chi connectivity index (χ1v) is 13.2. The van der Waals surface area contributed by atoms with Gasteiger partial charge in [0, 0.05) is 25.4 Å². The summed E-state index contributed by atoms with van der Waals surface area (Å²) in [5, 5.41) is 3.29. The standard InChI is InChI=1S/C29H38N2O2/c1-28-12-9-22(33-27(32)20-11-15-31-18-20)16-21(28)5-6-23-25-8-7-24(19-4-3-14-30-17-19)29(25,2)13-10-26(23)28/h3-5,7,14,17,20,22-23,25-26,31H,6,8-13,15-16,18H2,1-2H3/t20?,22?,23?,25?,26-,28?,29?/m0/s1. The predicted octanol–water partition coefficient (Wildman–Crippen LogP) is 5.56. The number of carbonyl (C=O) groups excluding carboxylic acids is 1. The van der Waals surface area contributed by atoms with Crippen LogP contribution in [0.3, 0.4) is 0 Å². The van der Waals surface area contributed by atoms with Gasteiger partial charge in [-0.15, -0.1) is 0 Å². The quantitative estimate of drug-likeness (QED) is 0.488. The Kier molecular flexibility index (Phi) is 5.28. The van der Waals surface area contributed by atoms with Crippen molar-refractivity contribution in [1.29, 1.82) is 0 Å². The first kappa shape index (κ1) is 21.6. The van der Waals surface area contributed by atoms with Gasteiger partial charge in [0.05, 0.1) is 5.92 Å². The van der Waals surface area contributed by atoms with Gasteiger partial charge in [-0.05, 0) is 97.3 Å². The minimum absolute atomic E-state index is 0.0243. The second-order valence-electron chi connectivity index (χ2n) is 11.8. The van der Waals surface area contributed by atoms with E-state index in [9.17, 15) is 4.79 Å². The predicted molar refractivity (Wildman–Crippen MR) is 130 cm³/mol. The summed E-state index contributed by atoms with van der Waals surface area (Å²) in [5.74, 6) is 2.32. The van der Waals surface area contributed by atoms with Gasteiger partial charge in [0.25, 0.3) is 0 Å². The molecular formula is C29H38N2O2. The van der Waals surface area contributed by atoms with Crippen molar-refractivity contribution in [3.63, 3.8) is 0 Å². The third-order valence-electron chi connectivity index (χ3n) is 10.3. The summed E-state index contributed by atoms with van der Waals surface area (Å²) in [6.07, 6.45) is 18.1. The van der Waals surface area contributed by atoms with E-state index < -0.39 is 0 Å². The number of esters is 1. The number of hydrogen-bond donors (Lipinski definition) is 1. The van der Waals surface area contributed by atoms with E-state index >= 15 is 0 Å². The van der Waals surface area contributed by atoms with Crippen molar-refractivity contribution in [3.8, 4) is 0 Å². The Morgan fingerprint density at radius 3 is 2.76 bits per heavy atom. The zero-order valence-corrected chi connectivity index (χ0v) is 20.2. The van der Waals surface area contributed by atoms with Crippen LogP contribution >= 0.6 is 0 Å². The summed E-state index contributed by atoms with van der Waals surface area (Å²) in [6.45, 7) is 6.77. The lowest BCUT2D eigenvalue weighted by molar-refractivity contribution is -0.155. The van der Waals surface area contributed by atoms with Crippen molar-refractivity contribution in [2.45, 2.75) is 71.3 Å².